The molecule has 1 aliphatic heterocycles. The lowest BCUT2D eigenvalue weighted by atomic mass is 9.76. The van der Waals surface area contributed by atoms with E-state index in [-0.39, 0.29) is 11.6 Å². The number of esters is 2. The molecule has 5 nitrogen and oxygen atoms in total. The van der Waals surface area contributed by atoms with Gasteiger partial charge in [0.25, 0.3) is 0 Å². The van der Waals surface area contributed by atoms with Crippen molar-refractivity contribution in [3.05, 3.63) is 119 Å². The highest BCUT2D eigenvalue weighted by molar-refractivity contribution is 6.14. The highest BCUT2D eigenvalue weighted by atomic mass is 16.5. The van der Waals surface area contributed by atoms with Crippen LogP contribution in [-0.4, -0.2) is 43.6 Å². The second-order valence-electron chi connectivity index (χ2n) is 7.59. The van der Waals surface area contributed by atoms with Gasteiger partial charge < -0.3 is 9.47 Å². The molecule has 162 valence electrons. The molecule has 0 N–H and O–H groups in total. The van der Waals surface area contributed by atoms with Gasteiger partial charge >= 0.3 is 11.9 Å². The Kier molecular flexibility index (Phi) is 6.19. The number of carbonyl (C=O) groups is 2. The van der Waals surface area contributed by atoms with Gasteiger partial charge in [0, 0.05) is 12.6 Å². The summed E-state index contributed by atoms with van der Waals surface area (Å²) in [4.78, 5) is 26.7. The Morgan fingerprint density at radius 1 is 0.750 bits per heavy atom. The van der Waals surface area contributed by atoms with Crippen LogP contribution in [0.2, 0.25) is 0 Å². The van der Waals surface area contributed by atoms with Gasteiger partial charge in [0.15, 0.2) is 0 Å². The molecule has 2 atom stereocenters. The molecule has 2 unspecified atom stereocenters. The van der Waals surface area contributed by atoms with Gasteiger partial charge in [-0.3, -0.25) is 4.90 Å². The molecule has 0 spiro atoms. The molecule has 0 aliphatic carbocycles. The van der Waals surface area contributed by atoms with Crippen LogP contribution in [0.5, 0.6) is 0 Å². The van der Waals surface area contributed by atoms with Crippen molar-refractivity contribution in [2.75, 3.05) is 20.8 Å². The third-order valence-corrected chi connectivity index (χ3v) is 5.83. The Hall–Kier alpha value is -3.70. The van der Waals surface area contributed by atoms with Gasteiger partial charge in [-0.2, -0.15) is 0 Å². The molecular weight excluding hydrogens is 402 g/mol. The maximum absolute atomic E-state index is 12.2. The molecule has 1 fully saturated rings. The molecule has 1 aliphatic rings. The van der Waals surface area contributed by atoms with E-state index in [0.29, 0.717) is 6.54 Å². The van der Waals surface area contributed by atoms with E-state index in [1.807, 2.05) is 54.6 Å². The van der Waals surface area contributed by atoms with Crippen molar-refractivity contribution in [2.45, 2.75) is 11.6 Å². The first-order valence-electron chi connectivity index (χ1n) is 10.4. The molecule has 3 aromatic rings. The third kappa shape index (κ3) is 3.83. The zero-order valence-corrected chi connectivity index (χ0v) is 18.1. The van der Waals surface area contributed by atoms with Crippen LogP contribution in [-0.2, 0) is 24.6 Å². The van der Waals surface area contributed by atoms with Crippen LogP contribution in [0.3, 0.4) is 0 Å². The topological polar surface area (TPSA) is 55.6 Å². The molecule has 0 radical (unpaired) electrons. The largest absolute Gasteiger partial charge is 0.465 e. The quantitative estimate of drug-likeness (QED) is 0.143. The predicted molar refractivity (Wildman–Crippen MR) is 122 cm³/mol. The summed E-state index contributed by atoms with van der Waals surface area (Å²) < 4.78 is 9.62. The summed E-state index contributed by atoms with van der Waals surface area (Å²) in [5.41, 5.74) is 2.62. The smallest absolute Gasteiger partial charge is 0.345 e. The fourth-order valence-electron chi connectivity index (χ4n) is 4.35. The summed E-state index contributed by atoms with van der Waals surface area (Å²) in [5.74, 6) is -1.40. The first kappa shape index (κ1) is 21.5. The lowest BCUT2D eigenvalue weighted by molar-refractivity contribution is -0.144. The number of benzene rings is 3. The van der Waals surface area contributed by atoms with Gasteiger partial charge in [-0.1, -0.05) is 91.0 Å². The fourth-order valence-corrected chi connectivity index (χ4v) is 4.35. The van der Waals surface area contributed by atoms with Crippen molar-refractivity contribution in [1.29, 1.82) is 0 Å². The van der Waals surface area contributed by atoms with E-state index in [1.54, 1.807) is 6.08 Å². The molecule has 1 heterocycles. The number of ether oxygens (including phenoxy) is 2. The van der Waals surface area contributed by atoms with E-state index in [1.165, 1.54) is 14.2 Å². The van der Waals surface area contributed by atoms with E-state index in [4.69, 9.17) is 9.47 Å². The molecule has 0 saturated carbocycles. The van der Waals surface area contributed by atoms with Crippen LogP contribution in [0, 0.1) is 0 Å². The minimum atomic E-state index is -0.701. The highest BCUT2D eigenvalue weighted by Gasteiger charge is 2.52. The van der Waals surface area contributed by atoms with Crippen LogP contribution >= 0.6 is 0 Å². The average Bonchev–Trinajstić information content (AvgIpc) is 3.63. The van der Waals surface area contributed by atoms with Gasteiger partial charge in [0.2, 0.25) is 0 Å². The lowest BCUT2D eigenvalue weighted by Gasteiger charge is -2.38. The molecule has 5 heteroatoms. The van der Waals surface area contributed by atoms with Crippen LogP contribution in [0.25, 0.3) is 0 Å². The molecule has 3 aromatic carbocycles. The van der Waals surface area contributed by atoms with E-state index in [9.17, 15) is 9.59 Å². The summed E-state index contributed by atoms with van der Waals surface area (Å²) in [6, 6.07) is 30.7. The van der Waals surface area contributed by atoms with Gasteiger partial charge in [0.05, 0.1) is 19.8 Å². The Bertz CT molecular complexity index is 996. The van der Waals surface area contributed by atoms with Gasteiger partial charge in [-0.15, -0.1) is 0 Å². The molecule has 32 heavy (non-hydrogen) atoms. The number of rotatable bonds is 7. The molecule has 4 rings (SSSR count). The highest BCUT2D eigenvalue weighted by Crippen LogP contribution is 2.48. The number of carbonyl (C=O) groups excluding carboxylic acids is 2. The van der Waals surface area contributed by atoms with Crippen molar-refractivity contribution in [3.8, 4) is 0 Å². The third-order valence-electron chi connectivity index (χ3n) is 5.83. The van der Waals surface area contributed by atoms with Crippen molar-refractivity contribution in [3.63, 3.8) is 0 Å². The Balaban J connectivity index is 1.89. The summed E-state index contributed by atoms with van der Waals surface area (Å²) in [5, 5.41) is 0. The molecule has 0 bridgehead atoms. The molecule has 1 saturated heterocycles. The van der Waals surface area contributed by atoms with Gasteiger partial charge in [-0.25, -0.2) is 9.59 Å². The van der Waals surface area contributed by atoms with Crippen LogP contribution in [0.15, 0.2) is 103 Å². The van der Waals surface area contributed by atoms with Crippen LogP contribution < -0.4 is 0 Å². The minimum Gasteiger partial charge on any atom is -0.465 e. The molecule has 0 aromatic heterocycles. The fraction of sp³-hybridized carbons (Fsp3) is 0.185. The maximum Gasteiger partial charge on any atom is 0.345 e. The number of hydrogen-bond acceptors (Lipinski definition) is 5. The van der Waals surface area contributed by atoms with E-state index in [0.717, 1.165) is 16.7 Å². The number of hydrogen-bond donors (Lipinski definition) is 0. The predicted octanol–water partition coefficient (Wildman–Crippen LogP) is 3.94. The standard InChI is InChI=1S/C27H25NO4/c1-31-25(29)24(26(30)32-2)18-23-19-28(23)27(20-12-6-3-7-13-20,21-14-8-4-9-15-21)22-16-10-5-11-17-22/h3-18,23H,19H2,1-2H3. The zero-order chi connectivity index (χ0) is 22.6. The normalized spacial score (nSPS) is 17.2. The first-order chi connectivity index (χ1) is 15.6. The summed E-state index contributed by atoms with van der Waals surface area (Å²) in [6.45, 7) is 0.663. The Morgan fingerprint density at radius 3 is 1.47 bits per heavy atom. The van der Waals surface area contributed by atoms with Crippen molar-refractivity contribution in [1.82, 2.24) is 4.90 Å². The van der Waals surface area contributed by atoms with Gasteiger partial charge in [0.1, 0.15) is 5.57 Å². The monoisotopic (exact) mass is 427 g/mol. The van der Waals surface area contributed by atoms with Crippen molar-refractivity contribution in [2.24, 2.45) is 0 Å². The second-order valence-corrected chi connectivity index (χ2v) is 7.59. The first-order valence-corrected chi connectivity index (χ1v) is 10.4. The Morgan fingerprint density at radius 2 is 1.12 bits per heavy atom. The Labute approximate surface area is 187 Å². The summed E-state index contributed by atoms with van der Waals surface area (Å²) in [6.07, 6.45) is 1.65. The minimum absolute atomic E-state index is 0.0921. The maximum atomic E-state index is 12.2. The van der Waals surface area contributed by atoms with Crippen molar-refractivity contribution < 1.29 is 19.1 Å². The molecule has 0 amide bonds. The van der Waals surface area contributed by atoms with E-state index >= 15 is 0 Å². The van der Waals surface area contributed by atoms with Crippen LogP contribution in [0.1, 0.15) is 16.7 Å². The van der Waals surface area contributed by atoms with E-state index in [2.05, 4.69) is 41.3 Å². The number of nitrogens with zero attached hydrogens (tertiary/aromatic N) is 1. The van der Waals surface area contributed by atoms with E-state index < -0.39 is 17.5 Å². The summed E-state index contributed by atoms with van der Waals surface area (Å²) in [7, 11) is 2.51. The van der Waals surface area contributed by atoms with Crippen molar-refractivity contribution >= 4 is 11.9 Å². The number of methoxy groups -OCH3 is 2. The summed E-state index contributed by atoms with van der Waals surface area (Å²) >= 11 is 0. The van der Waals surface area contributed by atoms with Gasteiger partial charge in [-0.05, 0) is 22.8 Å². The lowest BCUT2D eigenvalue weighted by Crippen LogP contribution is -2.39. The average molecular weight is 428 g/mol. The SMILES string of the molecule is COC(=O)C(=CC1CN1C(c1ccccc1)(c1ccccc1)c1ccccc1)C(=O)OC. The second kappa shape index (κ2) is 9.20. The zero-order valence-electron chi connectivity index (χ0n) is 18.1. The molecular formula is C27H25NO4. The van der Waals surface area contributed by atoms with Crippen LogP contribution in [0.4, 0.5) is 0 Å².